The quantitative estimate of drug-likeness (QED) is 0.729. The lowest BCUT2D eigenvalue weighted by molar-refractivity contribution is -0.142. The zero-order valence-electron chi connectivity index (χ0n) is 11.8. The minimum atomic E-state index is -0.142. The summed E-state index contributed by atoms with van der Waals surface area (Å²) in [6, 6.07) is 2.57. The molecular formula is C14H23N3O2. The normalized spacial score (nSPS) is 16.2. The van der Waals surface area contributed by atoms with Crippen molar-refractivity contribution >= 4 is 5.97 Å². The molecule has 0 unspecified atom stereocenters. The summed E-state index contributed by atoms with van der Waals surface area (Å²) in [6.45, 7) is 1.29. The Labute approximate surface area is 114 Å². The van der Waals surface area contributed by atoms with Gasteiger partial charge in [-0.3, -0.25) is 14.4 Å². The van der Waals surface area contributed by atoms with Crippen molar-refractivity contribution in [1.29, 1.82) is 0 Å². The Bertz CT molecular complexity index is 411. The lowest BCUT2D eigenvalue weighted by atomic mass is 10.2. The average molecular weight is 265 g/mol. The van der Waals surface area contributed by atoms with Crippen LogP contribution in [-0.2, 0) is 23.0 Å². The highest BCUT2D eigenvalue weighted by atomic mass is 16.5. The van der Waals surface area contributed by atoms with Crippen molar-refractivity contribution in [1.82, 2.24) is 14.7 Å². The van der Waals surface area contributed by atoms with E-state index in [1.54, 1.807) is 0 Å². The highest BCUT2D eigenvalue weighted by molar-refractivity contribution is 5.71. The fraction of sp³-hybridized carbons (Fsp3) is 0.714. The molecule has 106 valence electrons. The van der Waals surface area contributed by atoms with Crippen LogP contribution in [0.25, 0.3) is 0 Å². The molecule has 0 amide bonds. The van der Waals surface area contributed by atoms with Crippen molar-refractivity contribution < 1.29 is 9.53 Å². The third-order valence-electron chi connectivity index (χ3n) is 3.98. The largest absolute Gasteiger partial charge is 0.468 e. The Morgan fingerprint density at radius 1 is 1.53 bits per heavy atom. The first-order chi connectivity index (χ1) is 9.20. The van der Waals surface area contributed by atoms with Gasteiger partial charge in [0, 0.05) is 37.9 Å². The van der Waals surface area contributed by atoms with Crippen LogP contribution in [0, 0.1) is 0 Å². The number of hydrogen-bond donors (Lipinski definition) is 0. The molecule has 1 saturated carbocycles. The summed E-state index contributed by atoms with van der Waals surface area (Å²) in [4.78, 5) is 13.8. The zero-order valence-corrected chi connectivity index (χ0v) is 11.8. The summed E-state index contributed by atoms with van der Waals surface area (Å²) in [5, 5.41) is 4.18. The molecule has 0 saturated heterocycles. The molecule has 0 radical (unpaired) electrons. The molecule has 0 atom stereocenters. The lowest BCUT2D eigenvalue weighted by Crippen LogP contribution is -2.39. The Balaban J connectivity index is 1.92. The van der Waals surface area contributed by atoms with E-state index in [0.29, 0.717) is 12.6 Å². The van der Waals surface area contributed by atoms with Crippen molar-refractivity contribution in [3.05, 3.63) is 18.0 Å². The van der Waals surface area contributed by atoms with E-state index in [9.17, 15) is 4.79 Å². The number of rotatable bonds is 6. The second-order valence-electron chi connectivity index (χ2n) is 5.18. The van der Waals surface area contributed by atoms with Crippen LogP contribution in [-0.4, -0.2) is 46.9 Å². The lowest BCUT2D eigenvalue weighted by Gasteiger charge is -2.27. The molecule has 1 aromatic heterocycles. The van der Waals surface area contributed by atoms with E-state index in [4.69, 9.17) is 4.74 Å². The van der Waals surface area contributed by atoms with Gasteiger partial charge >= 0.3 is 5.97 Å². The summed E-state index contributed by atoms with van der Waals surface area (Å²) in [5.41, 5.74) is 1.20. The number of hydrogen-bond acceptors (Lipinski definition) is 4. The van der Waals surface area contributed by atoms with E-state index in [0.717, 1.165) is 13.0 Å². The molecule has 5 nitrogen and oxygen atoms in total. The smallest absolute Gasteiger partial charge is 0.319 e. The van der Waals surface area contributed by atoms with E-state index in [1.807, 2.05) is 24.0 Å². The minimum Gasteiger partial charge on any atom is -0.468 e. The van der Waals surface area contributed by atoms with E-state index in [2.05, 4.69) is 10.00 Å². The summed E-state index contributed by atoms with van der Waals surface area (Å²) < 4.78 is 6.70. The maximum atomic E-state index is 11.5. The molecule has 0 aliphatic heterocycles. The molecule has 1 aliphatic carbocycles. The predicted octanol–water partition coefficient (Wildman–Crippen LogP) is 1.38. The number of ether oxygens (including phenoxy) is 1. The third kappa shape index (κ3) is 3.80. The molecular weight excluding hydrogens is 242 g/mol. The van der Waals surface area contributed by atoms with Crippen LogP contribution in [0.2, 0.25) is 0 Å². The highest BCUT2D eigenvalue weighted by Gasteiger charge is 2.24. The standard InChI is InChI=1S/C14H23N3O2/c1-16-12(7-9-15-16)8-10-17(11-14(18)19-2)13-5-3-4-6-13/h7,9,13H,3-6,8,10-11H2,1-2H3. The van der Waals surface area contributed by atoms with Gasteiger partial charge in [0.25, 0.3) is 0 Å². The molecule has 19 heavy (non-hydrogen) atoms. The third-order valence-corrected chi connectivity index (χ3v) is 3.98. The first-order valence-corrected chi connectivity index (χ1v) is 6.98. The molecule has 0 spiro atoms. The molecule has 0 aromatic carbocycles. The van der Waals surface area contributed by atoms with Crippen LogP contribution in [0.15, 0.2) is 12.3 Å². The van der Waals surface area contributed by atoms with Crippen LogP contribution in [0.4, 0.5) is 0 Å². The molecule has 1 aliphatic rings. The van der Waals surface area contributed by atoms with Gasteiger partial charge in [-0.25, -0.2) is 0 Å². The van der Waals surface area contributed by atoms with Gasteiger partial charge in [0.2, 0.25) is 0 Å². The van der Waals surface area contributed by atoms with Crippen LogP contribution in [0.3, 0.4) is 0 Å². The first kappa shape index (κ1) is 14.1. The number of nitrogens with zero attached hydrogens (tertiary/aromatic N) is 3. The van der Waals surface area contributed by atoms with E-state index in [1.165, 1.54) is 38.5 Å². The number of methoxy groups -OCH3 is 1. The predicted molar refractivity (Wildman–Crippen MR) is 72.8 cm³/mol. The maximum Gasteiger partial charge on any atom is 0.319 e. The van der Waals surface area contributed by atoms with Crippen LogP contribution < -0.4 is 0 Å². The minimum absolute atomic E-state index is 0.142. The maximum absolute atomic E-state index is 11.5. The number of aryl methyl sites for hydroxylation is 1. The summed E-state index contributed by atoms with van der Waals surface area (Å²) in [7, 11) is 3.41. The van der Waals surface area contributed by atoms with Gasteiger partial charge in [-0.1, -0.05) is 12.8 Å². The van der Waals surface area contributed by atoms with Gasteiger partial charge in [0.15, 0.2) is 0 Å². The molecule has 0 N–H and O–H groups in total. The van der Waals surface area contributed by atoms with Crippen LogP contribution >= 0.6 is 0 Å². The van der Waals surface area contributed by atoms with Crippen LogP contribution in [0.5, 0.6) is 0 Å². The van der Waals surface area contributed by atoms with Gasteiger partial charge in [-0.15, -0.1) is 0 Å². The van der Waals surface area contributed by atoms with Gasteiger partial charge in [-0.05, 0) is 18.9 Å². The first-order valence-electron chi connectivity index (χ1n) is 6.98. The number of aromatic nitrogens is 2. The summed E-state index contributed by atoms with van der Waals surface area (Å²) >= 11 is 0. The van der Waals surface area contributed by atoms with Crippen molar-refractivity contribution in [2.45, 2.75) is 38.1 Å². The van der Waals surface area contributed by atoms with Crippen molar-refractivity contribution in [2.75, 3.05) is 20.2 Å². The molecule has 1 aromatic rings. The van der Waals surface area contributed by atoms with Gasteiger partial charge in [0.1, 0.15) is 0 Å². The molecule has 2 rings (SSSR count). The molecule has 1 heterocycles. The molecule has 0 bridgehead atoms. The topological polar surface area (TPSA) is 47.4 Å². The monoisotopic (exact) mass is 265 g/mol. The van der Waals surface area contributed by atoms with Crippen molar-refractivity contribution in [3.63, 3.8) is 0 Å². The highest BCUT2D eigenvalue weighted by Crippen LogP contribution is 2.23. The average Bonchev–Trinajstić information content (AvgIpc) is 3.06. The zero-order chi connectivity index (χ0) is 13.7. The van der Waals surface area contributed by atoms with E-state index >= 15 is 0 Å². The number of esters is 1. The summed E-state index contributed by atoms with van der Waals surface area (Å²) in [6.07, 6.45) is 7.67. The second-order valence-corrected chi connectivity index (χ2v) is 5.18. The van der Waals surface area contributed by atoms with Crippen molar-refractivity contribution in [3.8, 4) is 0 Å². The number of carbonyl (C=O) groups excluding carboxylic acids is 1. The van der Waals surface area contributed by atoms with Crippen molar-refractivity contribution in [2.24, 2.45) is 7.05 Å². The molecule has 1 fully saturated rings. The fourth-order valence-corrected chi connectivity index (χ4v) is 2.80. The van der Waals surface area contributed by atoms with Gasteiger partial charge in [0.05, 0.1) is 13.7 Å². The van der Waals surface area contributed by atoms with E-state index in [-0.39, 0.29) is 5.97 Å². The van der Waals surface area contributed by atoms with E-state index < -0.39 is 0 Å². The summed E-state index contributed by atoms with van der Waals surface area (Å²) in [5.74, 6) is -0.142. The number of carbonyl (C=O) groups is 1. The Morgan fingerprint density at radius 3 is 2.84 bits per heavy atom. The SMILES string of the molecule is COC(=O)CN(CCc1ccnn1C)C1CCCC1. The second kappa shape index (κ2) is 6.70. The fourth-order valence-electron chi connectivity index (χ4n) is 2.80. The Kier molecular flexibility index (Phi) is 4.96. The Hall–Kier alpha value is -1.36. The Morgan fingerprint density at radius 2 is 2.26 bits per heavy atom. The van der Waals surface area contributed by atoms with Gasteiger partial charge in [-0.2, -0.15) is 5.10 Å². The molecule has 5 heteroatoms. The van der Waals surface area contributed by atoms with Crippen LogP contribution in [0.1, 0.15) is 31.4 Å². The van der Waals surface area contributed by atoms with Gasteiger partial charge < -0.3 is 4.74 Å².